The van der Waals surface area contributed by atoms with E-state index in [1.54, 1.807) is 6.20 Å². The van der Waals surface area contributed by atoms with E-state index in [1.807, 2.05) is 24.3 Å². The predicted octanol–water partition coefficient (Wildman–Crippen LogP) is 3.81. The van der Waals surface area contributed by atoms with E-state index in [-0.39, 0.29) is 0 Å². The molecule has 4 aromatic rings. The third kappa shape index (κ3) is 3.45. The van der Waals surface area contributed by atoms with Gasteiger partial charge in [-0.3, -0.25) is 4.98 Å². The van der Waals surface area contributed by atoms with Crippen molar-refractivity contribution in [1.82, 2.24) is 30.2 Å². The topological polar surface area (TPSA) is 69.4 Å². The van der Waals surface area contributed by atoms with Crippen molar-refractivity contribution in [2.24, 2.45) is 0 Å². The predicted molar refractivity (Wildman–Crippen MR) is 99.6 cm³/mol. The van der Waals surface area contributed by atoms with Gasteiger partial charge in [-0.15, -0.1) is 10.2 Å². The van der Waals surface area contributed by atoms with E-state index in [2.05, 4.69) is 51.6 Å². The standard InChI is InChI=1S/C19H15ClN6/c1-13-2-4-14(5-3-13)18-19(15-6-8-16(20)9-7-15)24-17(10-21-18)11-26-23-12-22-25-26/h2-10,12H,11H2,1H3. The molecule has 0 spiro atoms. The molecule has 128 valence electrons. The molecule has 0 unspecified atom stereocenters. The Morgan fingerprint density at radius 2 is 1.62 bits per heavy atom. The lowest BCUT2D eigenvalue weighted by Crippen LogP contribution is -2.07. The molecule has 2 heterocycles. The summed E-state index contributed by atoms with van der Waals surface area (Å²) in [6.07, 6.45) is 3.15. The van der Waals surface area contributed by atoms with Gasteiger partial charge in [-0.05, 0) is 24.3 Å². The summed E-state index contributed by atoms with van der Waals surface area (Å²) in [6, 6.07) is 15.8. The first-order valence-corrected chi connectivity index (χ1v) is 8.46. The van der Waals surface area contributed by atoms with Gasteiger partial charge in [-0.1, -0.05) is 53.6 Å². The molecule has 0 saturated heterocycles. The lowest BCUT2D eigenvalue weighted by atomic mass is 10.0. The highest BCUT2D eigenvalue weighted by Crippen LogP contribution is 2.30. The molecule has 0 saturated carbocycles. The van der Waals surface area contributed by atoms with Crippen LogP contribution >= 0.6 is 11.6 Å². The molecule has 0 amide bonds. The van der Waals surface area contributed by atoms with Crippen LogP contribution in [0, 0.1) is 6.92 Å². The Morgan fingerprint density at radius 3 is 2.31 bits per heavy atom. The monoisotopic (exact) mass is 362 g/mol. The molecular weight excluding hydrogens is 348 g/mol. The molecule has 2 aromatic carbocycles. The van der Waals surface area contributed by atoms with Gasteiger partial charge < -0.3 is 0 Å². The van der Waals surface area contributed by atoms with Gasteiger partial charge in [0, 0.05) is 16.1 Å². The minimum absolute atomic E-state index is 0.405. The molecule has 0 atom stereocenters. The van der Waals surface area contributed by atoms with Crippen LogP contribution in [0.4, 0.5) is 0 Å². The number of tetrazole rings is 1. The third-order valence-electron chi connectivity index (χ3n) is 3.96. The second kappa shape index (κ2) is 7.01. The van der Waals surface area contributed by atoms with Crippen molar-refractivity contribution in [3.63, 3.8) is 0 Å². The van der Waals surface area contributed by atoms with Gasteiger partial charge in [0.2, 0.25) is 0 Å². The Labute approximate surface area is 155 Å². The third-order valence-corrected chi connectivity index (χ3v) is 4.21. The largest absolute Gasteiger partial charge is 0.252 e. The van der Waals surface area contributed by atoms with Crippen LogP contribution in [0.3, 0.4) is 0 Å². The first kappa shape index (κ1) is 16.4. The van der Waals surface area contributed by atoms with Crippen LogP contribution in [-0.4, -0.2) is 30.2 Å². The number of hydrogen-bond acceptors (Lipinski definition) is 5. The summed E-state index contributed by atoms with van der Waals surface area (Å²) >= 11 is 6.04. The Hall–Kier alpha value is -3.12. The van der Waals surface area contributed by atoms with Gasteiger partial charge in [0.1, 0.15) is 6.54 Å². The number of aryl methyl sites for hydroxylation is 1. The fourth-order valence-corrected chi connectivity index (χ4v) is 2.77. The zero-order valence-corrected chi connectivity index (χ0v) is 14.8. The minimum Gasteiger partial charge on any atom is -0.252 e. The van der Waals surface area contributed by atoms with Crippen molar-refractivity contribution in [1.29, 1.82) is 0 Å². The van der Waals surface area contributed by atoms with Crippen LogP contribution in [0.25, 0.3) is 22.5 Å². The van der Waals surface area contributed by atoms with Crippen molar-refractivity contribution in [3.8, 4) is 22.5 Å². The Kier molecular flexibility index (Phi) is 4.41. The SMILES string of the molecule is Cc1ccc(-c2ncc(Cn3ncnn3)nc2-c2ccc(Cl)cc2)cc1. The van der Waals surface area contributed by atoms with E-state index < -0.39 is 0 Å². The van der Waals surface area contributed by atoms with Crippen molar-refractivity contribution < 1.29 is 0 Å². The summed E-state index contributed by atoms with van der Waals surface area (Å²) in [5, 5.41) is 12.3. The molecule has 6 nitrogen and oxygen atoms in total. The summed E-state index contributed by atoms with van der Waals surface area (Å²) in [5.41, 5.74) is 5.53. The molecule has 0 aliphatic heterocycles. The maximum Gasteiger partial charge on any atom is 0.162 e. The number of benzene rings is 2. The average Bonchev–Trinajstić information content (AvgIpc) is 3.16. The summed E-state index contributed by atoms with van der Waals surface area (Å²) in [4.78, 5) is 11.0. The second-order valence-corrected chi connectivity index (χ2v) is 6.33. The molecule has 26 heavy (non-hydrogen) atoms. The maximum atomic E-state index is 6.04. The van der Waals surface area contributed by atoms with E-state index in [4.69, 9.17) is 16.6 Å². The Bertz CT molecular complexity index is 1010. The van der Waals surface area contributed by atoms with Crippen molar-refractivity contribution in [2.45, 2.75) is 13.5 Å². The van der Waals surface area contributed by atoms with E-state index in [1.165, 1.54) is 16.7 Å². The number of nitrogens with zero attached hydrogens (tertiary/aromatic N) is 6. The number of rotatable bonds is 4. The van der Waals surface area contributed by atoms with Gasteiger partial charge in [-0.2, -0.15) is 4.80 Å². The van der Waals surface area contributed by atoms with E-state index in [0.29, 0.717) is 11.6 Å². The molecular formula is C19H15ClN6. The van der Waals surface area contributed by atoms with Crippen LogP contribution < -0.4 is 0 Å². The molecule has 0 fully saturated rings. The summed E-state index contributed by atoms with van der Waals surface area (Å²) < 4.78 is 0. The van der Waals surface area contributed by atoms with Gasteiger partial charge >= 0.3 is 0 Å². The van der Waals surface area contributed by atoms with Crippen molar-refractivity contribution >= 4 is 11.6 Å². The first-order valence-electron chi connectivity index (χ1n) is 8.09. The molecule has 0 radical (unpaired) electrons. The summed E-state index contributed by atoms with van der Waals surface area (Å²) in [6.45, 7) is 2.46. The van der Waals surface area contributed by atoms with E-state index in [9.17, 15) is 0 Å². The summed E-state index contributed by atoms with van der Waals surface area (Å²) in [5.74, 6) is 0. The molecule has 0 aliphatic rings. The van der Waals surface area contributed by atoms with Crippen LogP contribution in [0.1, 0.15) is 11.3 Å². The Balaban J connectivity index is 1.82. The molecule has 0 aliphatic carbocycles. The summed E-state index contributed by atoms with van der Waals surface area (Å²) in [7, 11) is 0. The van der Waals surface area contributed by atoms with Gasteiger partial charge in [0.25, 0.3) is 0 Å². The zero-order valence-electron chi connectivity index (χ0n) is 14.0. The molecule has 2 aromatic heterocycles. The molecule has 0 N–H and O–H groups in total. The lowest BCUT2D eigenvalue weighted by molar-refractivity contribution is 0.563. The number of aromatic nitrogens is 6. The van der Waals surface area contributed by atoms with E-state index in [0.717, 1.165) is 28.2 Å². The first-order chi connectivity index (χ1) is 12.7. The van der Waals surface area contributed by atoms with Crippen molar-refractivity contribution in [3.05, 3.63) is 77.3 Å². The maximum absolute atomic E-state index is 6.04. The van der Waals surface area contributed by atoms with Crippen LogP contribution in [-0.2, 0) is 6.54 Å². The highest BCUT2D eigenvalue weighted by atomic mass is 35.5. The van der Waals surface area contributed by atoms with Crippen molar-refractivity contribution in [2.75, 3.05) is 0 Å². The average molecular weight is 363 g/mol. The fraction of sp³-hybridized carbons (Fsp3) is 0.105. The minimum atomic E-state index is 0.405. The van der Waals surface area contributed by atoms with E-state index >= 15 is 0 Å². The number of hydrogen-bond donors (Lipinski definition) is 0. The highest BCUT2D eigenvalue weighted by molar-refractivity contribution is 6.30. The fourth-order valence-electron chi connectivity index (χ4n) is 2.64. The van der Waals surface area contributed by atoms with Gasteiger partial charge in [-0.25, -0.2) is 4.98 Å². The van der Waals surface area contributed by atoms with Gasteiger partial charge in [0.15, 0.2) is 6.33 Å². The van der Waals surface area contributed by atoms with Crippen LogP contribution in [0.5, 0.6) is 0 Å². The quantitative estimate of drug-likeness (QED) is 0.552. The van der Waals surface area contributed by atoms with Gasteiger partial charge in [0.05, 0.1) is 23.3 Å². The Morgan fingerprint density at radius 1 is 0.923 bits per heavy atom. The lowest BCUT2D eigenvalue weighted by Gasteiger charge is -2.11. The molecule has 7 heteroatoms. The second-order valence-electron chi connectivity index (χ2n) is 5.90. The molecule has 0 bridgehead atoms. The normalized spacial score (nSPS) is 10.8. The smallest absolute Gasteiger partial charge is 0.162 e. The zero-order chi connectivity index (χ0) is 17.9. The number of halogens is 1. The highest BCUT2D eigenvalue weighted by Gasteiger charge is 2.13. The van der Waals surface area contributed by atoms with Crippen LogP contribution in [0.2, 0.25) is 5.02 Å². The molecule has 4 rings (SSSR count). The van der Waals surface area contributed by atoms with Crippen LogP contribution in [0.15, 0.2) is 61.1 Å².